The molecule has 2 atom stereocenters. The first-order valence-corrected chi connectivity index (χ1v) is 7.12. The van der Waals surface area contributed by atoms with E-state index in [-0.39, 0.29) is 5.91 Å². The molecule has 1 amide bonds. The molecule has 1 fully saturated rings. The van der Waals surface area contributed by atoms with Gasteiger partial charge in [-0.3, -0.25) is 4.79 Å². The summed E-state index contributed by atoms with van der Waals surface area (Å²) in [4.78, 5) is 17.3. The highest BCUT2D eigenvalue weighted by Crippen LogP contribution is 2.45. The number of fused-ring (bicyclic) bond motifs is 1. The number of nitrogens with zero attached hydrogens (tertiary/aromatic N) is 2. The minimum Gasteiger partial charge on any atom is -0.485 e. The highest BCUT2D eigenvalue weighted by molar-refractivity contribution is 5.79. The molecule has 2 aliphatic rings. The van der Waals surface area contributed by atoms with E-state index >= 15 is 0 Å². The van der Waals surface area contributed by atoms with Crippen LogP contribution in [0.25, 0.3) is 4.85 Å². The lowest BCUT2D eigenvalue weighted by Crippen LogP contribution is -2.53. The van der Waals surface area contributed by atoms with Crippen LogP contribution >= 0.6 is 0 Å². The highest BCUT2D eigenvalue weighted by Gasteiger charge is 2.47. The number of hydrogen-bond acceptors (Lipinski definition) is 3. The van der Waals surface area contributed by atoms with Crippen LogP contribution in [-0.4, -0.2) is 34.2 Å². The standard InChI is InChI=1S/C16H18N2O3/c1-16(2)15(20)14(18-8-4-5-13(18)19)11-9-10(17-3)6-7-12(11)21-16/h6-7,9,14-15,20H,4-5,8H2,1-2H3/t14-,15+/m0/s1. The molecule has 0 unspecified atom stereocenters. The Bertz CT molecular complexity index is 633. The molecule has 1 aromatic rings. The Kier molecular flexibility index (Phi) is 3.14. The van der Waals surface area contributed by atoms with Crippen LogP contribution in [0.15, 0.2) is 18.2 Å². The zero-order chi connectivity index (χ0) is 15.2. The molecule has 0 radical (unpaired) electrons. The van der Waals surface area contributed by atoms with E-state index in [0.29, 0.717) is 24.4 Å². The minimum absolute atomic E-state index is 0.0518. The van der Waals surface area contributed by atoms with Gasteiger partial charge in [0.1, 0.15) is 17.5 Å². The van der Waals surface area contributed by atoms with Crippen molar-refractivity contribution in [2.24, 2.45) is 0 Å². The molecular formula is C16H18N2O3. The summed E-state index contributed by atoms with van der Waals surface area (Å²) >= 11 is 0. The van der Waals surface area contributed by atoms with Crippen molar-refractivity contribution in [3.05, 3.63) is 35.2 Å². The molecule has 110 valence electrons. The smallest absolute Gasteiger partial charge is 0.223 e. The fourth-order valence-corrected chi connectivity index (χ4v) is 3.13. The first-order chi connectivity index (χ1) is 9.94. The summed E-state index contributed by atoms with van der Waals surface area (Å²) in [6, 6.07) is 4.73. The average molecular weight is 286 g/mol. The number of carbonyl (C=O) groups excluding carboxylic acids is 1. The van der Waals surface area contributed by atoms with Crippen molar-refractivity contribution >= 4 is 11.6 Å². The van der Waals surface area contributed by atoms with Crippen molar-refractivity contribution in [1.82, 2.24) is 4.90 Å². The molecule has 1 N–H and O–H groups in total. The number of ether oxygens (including phenoxy) is 1. The normalized spacial score (nSPS) is 27.0. The molecule has 3 rings (SSSR count). The van der Waals surface area contributed by atoms with Gasteiger partial charge < -0.3 is 14.7 Å². The highest BCUT2D eigenvalue weighted by atomic mass is 16.5. The van der Waals surface area contributed by atoms with Crippen molar-refractivity contribution in [1.29, 1.82) is 0 Å². The third-order valence-electron chi connectivity index (χ3n) is 4.27. The number of rotatable bonds is 1. The lowest BCUT2D eigenvalue weighted by molar-refractivity contribution is -0.139. The summed E-state index contributed by atoms with van der Waals surface area (Å²) in [5.41, 5.74) is 0.437. The second kappa shape index (κ2) is 4.74. The van der Waals surface area contributed by atoms with Gasteiger partial charge in [0.15, 0.2) is 5.69 Å². The van der Waals surface area contributed by atoms with Crippen molar-refractivity contribution in [2.75, 3.05) is 6.54 Å². The Hall–Kier alpha value is -2.06. The lowest BCUT2D eigenvalue weighted by Gasteiger charge is -2.45. The number of carbonyl (C=O) groups is 1. The van der Waals surface area contributed by atoms with E-state index in [1.165, 1.54) is 0 Å². The molecule has 0 bridgehead atoms. The summed E-state index contributed by atoms with van der Waals surface area (Å²) in [7, 11) is 0. The largest absolute Gasteiger partial charge is 0.485 e. The second-order valence-electron chi connectivity index (χ2n) is 6.12. The van der Waals surface area contributed by atoms with Gasteiger partial charge in [-0.05, 0) is 32.4 Å². The van der Waals surface area contributed by atoms with Crippen LogP contribution in [0.3, 0.4) is 0 Å². The van der Waals surface area contributed by atoms with E-state index in [4.69, 9.17) is 11.3 Å². The SMILES string of the molecule is [C-]#[N+]c1ccc2c(c1)[C@H](N1CCCC1=O)[C@@H](O)C(C)(C)O2. The van der Waals surface area contributed by atoms with Gasteiger partial charge >= 0.3 is 0 Å². The molecule has 2 aliphatic heterocycles. The predicted molar refractivity (Wildman–Crippen MR) is 77.1 cm³/mol. The van der Waals surface area contributed by atoms with Crippen molar-refractivity contribution in [3.63, 3.8) is 0 Å². The predicted octanol–water partition coefficient (Wildman–Crippen LogP) is 2.43. The van der Waals surface area contributed by atoms with Crippen molar-refractivity contribution in [2.45, 2.75) is 44.4 Å². The van der Waals surface area contributed by atoms with E-state index in [0.717, 1.165) is 12.0 Å². The molecule has 0 aliphatic carbocycles. The minimum atomic E-state index is -0.826. The van der Waals surface area contributed by atoms with E-state index in [2.05, 4.69) is 4.85 Å². The Morgan fingerprint density at radius 3 is 2.86 bits per heavy atom. The molecule has 21 heavy (non-hydrogen) atoms. The topological polar surface area (TPSA) is 54.1 Å². The first kappa shape index (κ1) is 13.9. The maximum absolute atomic E-state index is 12.1. The Balaban J connectivity index is 2.12. The van der Waals surface area contributed by atoms with Gasteiger partial charge in [0, 0.05) is 18.5 Å². The van der Waals surface area contributed by atoms with Crippen LogP contribution in [-0.2, 0) is 4.79 Å². The molecule has 5 heteroatoms. The average Bonchev–Trinajstić information content (AvgIpc) is 2.86. The summed E-state index contributed by atoms with van der Waals surface area (Å²) < 4.78 is 5.87. The number of likely N-dealkylation sites (tertiary alicyclic amines) is 1. The Morgan fingerprint density at radius 1 is 1.48 bits per heavy atom. The molecule has 5 nitrogen and oxygen atoms in total. The fraction of sp³-hybridized carbons (Fsp3) is 0.500. The number of hydrogen-bond donors (Lipinski definition) is 1. The maximum atomic E-state index is 12.1. The third kappa shape index (κ3) is 2.16. The number of aliphatic hydroxyl groups is 1. The van der Waals surface area contributed by atoms with Gasteiger partial charge in [0.2, 0.25) is 5.91 Å². The third-order valence-corrected chi connectivity index (χ3v) is 4.27. The fourth-order valence-electron chi connectivity index (χ4n) is 3.13. The summed E-state index contributed by atoms with van der Waals surface area (Å²) in [6.07, 6.45) is 0.497. The summed E-state index contributed by atoms with van der Waals surface area (Å²) in [5.74, 6) is 0.693. The molecule has 1 saturated heterocycles. The quantitative estimate of drug-likeness (QED) is 0.807. The van der Waals surface area contributed by atoms with Gasteiger partial charge in [-0.2, -0.15) is 0 Å². The van der Waals surface area contributed by atoms with Crippen LogP contribution in [0.2, 0.25) is 0 Å². The first-order valence-electron chi connectivity index (χ1n) is 7.12. The van der Waals surface area contributed by atoms with E-state index in [1.807, 2.05) is 13.8 Å². The zero-order valence-electron chi connectivity index (χ0n) is 12.2. The summed E-state index contributed by atoms with van der Waals surface area (Å²) in [6.45, 7) is 11.4. The maximum Gasteiger partial charge on any atom is 0.223 e. The van der Waals surface area contributed by atoms with E-state index in [9.17, 15) is 9.90 Å². The van der Waals surface area contributed by atoms with Crippen molar-refractivity contribution < 1.29 is 14.6 Å². The number of amides is 1. The Morgan fingerprint density at radius 2 is 2.24 bits per heavy atom. The van der Waals surface area contributed by atoms with Crippen molar-refractivity contribution in [3.8, 4) is 5.75 Å². The van der Waals surface area contributed by atoms with Crippen LogP contribution in [0.5, 0.6) is 5.75 Å². The second-order valence-corrected chi connectivity index (χ2v) is 6.12. The molecule has 0 spiro atoms. The van der Waals surface area contributed by atoms with Crippen LogP contribution in [0, 0.1) is 6.57 Å². The van der Waals surface area contributed by atoms with Crippen LogP contribution in [0.1, 0.15) is 38.3 Å². The van der Waals surface area contributed by atoms with Gasteiger partial charge in [0.05, 0.1) is 12.6 Å². The Labute approximate surface area is 124 Å². The summed E-state index contributed by atoms with van der Waals surface area (Å²) in [5, 5.41) is 10.7. The molecule has 0 saturated carbocycles. The van der Waals surface area contributed by atoms with E-state index in [1.54, 1.807) is 23.1 Å². The van der Waals surface area contributed by atoms with Gasteiger partial charge in [-0.15, -0.1) is 0 Å². The molecule has 2 heterocycles. The molecule has 1 aromatic carbocycles. The number of benzene rings is 1. The van der Waals surface area contributed by atoms with E-state index < -0.39 is 17.7 Å². The van der Waals surface area contributed by atoms with Gasteiger partial charge in [0.25, 0.3) is 0 Å². The lowest BCUT2D eigenvalue weighted by atomic mass is 9.85. The van der Waals surface area contributed by atoms with Gasteiger partial charge in [-0.25, -0.2) is 4.85 Å². The number of aliphatic hydroxyl groups excluding tert-OH is 1. The molecular weight excluding hydrogens is 268 g/mol. The molecule has 0 aromatic heterocycles. The van der Waals surface area contributed by atoms with Crippen LogP contribution < -0.4 is 4.74 Å². The monoisotopic (exact) mass is 286 g/mol. The van der Waals surface area contributed by atoms with Crippen LogP contribution in [0.4, 0.5) is 5.69 Å². The zero-order valence-corrected chi connectivity index (χ0v) is 12.2. The van der Waals surface area contributed by atoms with Gasteiger partial charge in [-0.1, -0.05) is 6.07 Å².